The molecule has 31 heavy (non-hydrogen) atoms. The second-order valence-electron chi connectivity index (χ2n) is 5.82. The van der Waals surface area contributed by atoms with Crippen LogP contribution in [-0.2, 0) is 9.84 Å². The van der Waals surface area contributed by atoms with Gasteiger partial charge in [0.2, 0.25) is 9.84 Å². The molecule has 2 aromatic carbocycles. The number of nitrogens with zero attached hydrogens (tertiary/aromatic N) is 4. The molecule has 0 radical (unpaired) electrons. The number of halogens is 2. The van der Waals surface area contributed by atoms with E-state index in [-0.39, 0.29) is 31.1 Å². The average Bonchev–Trinajstić information content (AvgIpc) is 2.75. The smallest absolute Gasteiger partial charge is 0.258 e. The number of hydrogen-bond donors (Lipinski definition) is 0. The van der Waals surface area contributed by atoms with Gasteiger partial charge in [0.15, 0.2) is 5.16 Å². The summed E-state index contributed by atoms with van der Waals surface area (Å²) in [6, 6.07) is 11.1. The van der Waals surface area contributed by atoms with Crippen LogP contribution in [0.5, 0.6) is 0 Å². The van der Waals surface area contributed by atoms with Crippen LogP contribution < -0.4 is 0 Å². The number of nitro groups is 1. The summed E-state index contributed by atoms with van der Waals surface area (Å²) in [6.45, 7) is 0. The van der Waals surface area contributed by atoms with Crippen molar-refractivity contribution >= 4 is 56.6 Å². The Morgan fingerprint density at radius 1 is 1.16 bits per heavy atom. The topological polar surface area (TPSA) is 127 Å². The van der Waals surface area contributed by atoms with Gasteiger partial charge < -0.3 is 0 Å². The molecule has 1 aromatic heterocycles. The number of allylic oxidation sites excluding steroid dienone is 1. The lowest BCUT2D eigenvalue weighted by Gasteiger charge is -2.07. The van der Waals surface area contributed by atoms with Crippen LogP contribution in [0.2, 0.25) is 10.0 Å². The molecular weight excluding hydrogens is 483 g/mol. The van der Waals surface area contributed by atoms with E-state index in [1.807, 2.05) is 0 Å². The Morgan fingerprint density at radius 3 is 2.52 bits per heavy atom. The molecular formula is C19H10Cl2N4O4S2. The Morgan fingerprint density at radius 2 is 1.87 bits per heavy atom. The van der Waals surface area contributed by atoms with Gasteiger partial charge in [0, 0.05) is 23.5 Å². The molecule has 3 rings (SSSR count). The van der Waals surface area contributed by atoms with E-state index >= 15 is 0 Å². The first kappa shape index (κ1) is 22.7. The molecule has 0 unspecified atom stereocenters. The first-order valence-corrected chi connectivity index (χ1v) is 11.3. The monoisotopic (exact) mass is 492 g/mol. The molecule has 0 atom stereocenters. The van der Waals surface area contributed by atoms with Gasteiger partial charge in [-0.1, -0.05) is 29.3 Å². The minimum absolute atomic E-state index is 0.105. The summed E-state index contributed by atoms with van der Waals surface area (Å²) in [6.07, 6.45) is 4.04. The van der Waals surface area contributed by atoms with E-state index in [0.717, 1.165) is 30.0 Å². The number of sulfone groups is 1. The Bertz CT molecular complexity index is 1340. The first-order chi connectivity index (χ1) is 14.7. The standard InChI is InChI=1S/C19H10Cl2N4O4S2/c20-13-3-4-15(21)18(10-13)31(28,29)14(11-22)8-12-2-5-17(16(9-12)25(26)27)30-19-23-6-1-7-24-19/h1-10H. The van der Waals surface area contributed by atoms with E-state index in [4.69, 9.17) is 23.2 Å². The third-order valence-electron chi connectivity index (χ3n) is 3.80. The van der Waals surface area contributed by atoms with Crippen LogP contribution in [0.15, 0.2) is 74.7 Å². The third kappa shape index (κ3) is 5.21. The maximum absolute atomic E-state index is 12.9. The SMILES string of the molecule is N#CC(=Cc1ccc(Sc2ncccn2)c([N+](=O)[O-])c1)S(=O)(=O)c1cc(Cl)ccc1Cl. The summed E-state index contributed by atoms with van der Waals surface area (Å²) in [7, 11) is -4.31. The Kier molecular flexibility index (Phi) is 6.92. The highest BCUT2D eigenvalue weighted by Gasteiger charge is 2.25. The number of aromatic nitrogens is 2. The van der Waals surface area contributed by atoms with Crippen molar-refractivity contribution in [1.29, 1.82) is 5.26 Å². The second kappa shape index (κ2) is 9.45. The highest BCUT2D eigenvalue weighted by atomic mass is 35.5. The van der Waals surface area contributed by atoms with Crippen molar-refractivity contribution in [3.05, 3.63) is 85.5 Å². The van der Waals surface area contributed by atoms with Gasteiger partial charge in [0.1, 0.15) is 11.0 Å². The minimum Gasteiger partial charge on any atom is -0.258 e. The fourth-order valence-electron chi connectivity index (χ4n) is 2.41. The lowest BCUT2D eigenvalue weighted by atomic mass is 10.2. The van der Waals surface area contributed by atoms with Crippen molar-refractivity contribution in [3.63, 3.8) is 0 Å². The lowest BCUT2D eigenvalue weighted by Crippen LogP contribution is -2.04. The molecule has 0 aliphatic heterocycles. The number of nitriles is 1. The van der Waals surface area contributed by atoms with Gasteiger partial charge in [-0.05, 0) is 53.7 Å². The van der Waals surface area contributed by atoms with Crippen molar-refractivity contribution in [2.24, 2.45) is 0 Å². The fraction of sp³-hybridized carbons (Fsp3) is 0. The van der Waals surface area contributed by atoms with E-state index in [1.54, 1.807) is 12.1 Å². The molecule has 0 aliphatic rings. The molecule has 0 spiro atoms. The van der Waals surface area contributed by atoms with Crippen molar-refractivity contribution in [3.8, 4) is 6.07 Å². The highest BCUT2D eigenvalue weighted by Crippen LogP contribution is 2.35. The van der Waals surface area contributed by atoms with Crippen molar-refractivity contribution in [1.82, 2.24) is 9.97 Å². The molecule has 1 heterocycles. The van der Waals surface area contributed by atoms with Crippen LogP contribution in [0.1, 0.15) is 5.56 Å². The lowest BCUT2D eigenvalue weighted by molar-refractivity contribution is -0.387. The largest absolute Gasteiger partial charge is 0.283 e. The number of nitro benzene ring substituents is 1. The molecule has 0 aliphatic carbocycles. The van der Waals surface area contributed by atoms with Gasteiger partial charge in [-0.15, -0.1) is 0 Å². The van der Waals surface area contributed by atoms with Crippen LogP contribution in [0.25, 0.3) is 6.08 Å². The zero-order valence-electron chi connectivity index (χ0n) is 15.3. The fourth-order valence-corrected chi connectivity index (χ4v) is 5.12. The molecule has 0 saturated carbocycles. The van der Waals surface area contributed by atoms with Crippen LogP contribution in [0.3, 0.4) is 0 Å². The Hall–Kier alpha value is -2.97. The van der Waals surface area contributed by atoms with E-state index in [2.05, 4.69) is 9.97 Å². The summed E-state index contributed by atoms with van der Waals surface area (Å²) in [4.78, 5) is 18.2. The molecule has 0 fully saturated rings. The van der Waals surface area contributed by atoms with Crippen LogP contribution in [0, 0.1) is 21.4 Å². The van der Waals surface area contributed by atoms with Gasteiger partial charge >= 0.3 is 0 Å². The average molecular weight is 493 g/mol. The van der Waals surface area contributed by atoms with Gasteiger partial charge in [0.25, 0.3) is 5.69 Å². The maximum Gasteiger partial charge on any atom is 0.283 e. The van der Waals surface area contributed by atoms with Crippen LogP contribution >= 0.6 is 35.0 Å². The summed E-state index contributed by atoms with van der Waals surface area (Å²) in [5.74, 6) is 0. The van der Waals surface area contributed by atoms with Gasteiger partial charge in [-0.3, -0.25) is 10.1 Å². The molecule has 0 bridgehead atoms. The Labute approximate surface area is 191 Å². The molecule has 0 saturated heterocycles. The second-order valence-corrected chi connectivity index (χ2v) is 9.56. The van der Waals surface area contributed by atoms with E-state index in [1.165, 1.54) is 36.7 Å². The van der Waals surface area contributed by atoms with Gasteiger partial charge in [-0.25, -0.2) is 18.4 Å². The predicted octanol–water partition coefficient (Wildman–Crippen LogP) is 5.18. The summed E-state index contributed by atoms with van der Waals surface area (Å²) >= 11 is 12.8. The van der Waals surface area contributed by atoms with Crippen LogP contribution in [-0.4, -0.2) is 23.3 Å². The van der Waals surface area contributed by atoms with Gasteiger partial charge in [-0.2, -0.15) is 5.26 Å². The minimum atomic E-state index is -4.31. The first-order valence-electron chi connectivity index (χ1n) is 8.27. The molecule has 0 amide bonds. The Balaban J connectivity index is 2.05. The van der Waals surface area contributed by atoms with E-state index in [9.17, 15) is 23.8 Å². The van der Waals surface area contributed by atoms with Crippen molar-refractivity contribution in [2.75, 3.05) is 0 Å². The number of hydrogen-bond acceptors (Lipinski definition) is 8. The summed E-state index contributed by atoms with van der Waals surface area (Å²) in [5.41, 5.74) is -0.148. The molecule has 0 N–H and O–H groups in total. The van der Waals surface area contributed by atoms with Crippen molar-refractivity contribution < 1.29 is 13.3 Å². The van der Waals surface area contributed by atoms with Crippen LogP contribution in [0.4, 0.5) is 5.69 Å². The zero-order valence-corrected chi connectivity index (χ0v) is 18.4. The summed E-state index contributed by atoms with van der Waals surface area (Å²) < 4.78 is 25.8. The quantitative estimate of drug-likeness (QED) is 0.199. The predicted molar refractivity (Wildman–Crippen MR) is 116 cm³/mol. The van der Waals surface area contributed by atoms with Gasteiger partial charge in [0.05, 0.1) is 19.7 Å². The number of rotatable bonds is 6. The highest BCUT2D eigenvalue weighted by molar-refractivity contribution is 7.99. The zero-order chi connectivity index (χ0) is 22.6. The molecule has 8 nitrogen and oxygen atoms in total. The van der Waals surface area contributed by atoms with E-state index in [0.29, 0.717) is 5.16 Å². The summed E-state index contributed by atoms with van der Waals surface area (Å²) in [5, 5.41) is 21.3. The van der Waals surface area contributed by atoms with Crippen molar-refractivity contribution in [2.45, 2.75) is 14.9 Å². The third-order valence-corrected chi connectivity index (χ3v) is 7.14. The van der Waals surface area contributed by atoms with E-state index < -0.39 is 19.7 Å². The molecule has 156 valence electrons. The number of benzene rings is 2. The molecule has 3 aromatic rings. The normalized spacial score (nSPS) is 11.7. The molecule has 12 heteroatoms. The maximum atomic E-state index is 12.9.